The molecule has 0 aliphatic rings. The number of amides is 1. The number of aromatic nitrogens is 2. The maximum Gasteiger partial charge on any atom is 0.255 e. The Kier molecular flexibility index (Phi) is 4.10. The standard InChI is InChI=1S/C14H18ClN3O/c1-3-14(2,7-8-15)17-13(19)11-10-16-18-9-5-4-6-12(11)18/h4-6,9-10H,3,7-8H2,1-2H3,(H,17,19). The Balaban J connectivity index is 2.24. The van der Waals surface area contributed by atoms with Crippen LogP contribution in [0, 0.1) is 0 Å². The van der Waals surface area contributed by atoms with Crippen molar-refractivity contribution >= 4 is 23.0 Å². The monoisotopic (exact) mass is 279 g/mol. The molecule has 0 fully saturated rings. The molecule has 0 radical (unpaired) electrons. The lowest BCUT2D eigenvalue weighted by Gasteiger charge is -2.28. The number of hydrogen-bond acceptors (Lipinski definition) is 2. The Labute approximate surface area is 117 Å². The largest absolute Gasteiger partial charge is 0.347 e. The van der Waals surface area contributed by atoms with Gasteiger partial charge in [-0.2, -0.15) is 5.10 Å². The van der Waals surface area contributed by atoms with Crippen LogP contribution in [0.4, 0.5) is 0 Å². The van der Waals surface area contributed by atoms with Gasteiger partial charge < -0.3 is 5.32 Å². The number of nitrogens with one attached hydrogen (secondary N) is 1. The fourth-order valence-corrected chi connectivity index (χ4v) is 2.40. The first-order valence-corrected chi connectivity index (χ1v) is 6.94. The molecule has 2 rings (SSSR count). The summed E-state index contributed by atoms with van der Waals surface area (Å²) < 4.78 is 1.69. The summed E-state index contributed by atoms with van der Waals surface area (Å²) in [6.07, 6.45) is 5.01. The van der Waals surface area contributed by atoms with E-state index in [1.54, 1.807) is 10.7 Å². The van der Waals surface area contributed by atoms with Crippen LogP contribution in [-0.2, 0) is 0 Å². The zero-order chi connectivity index (χ0) is 13.9. The summed E-state index contributed by atoms with van der Waals surface area (Å²) >= 11 is 5.80. The second-order valence-electron chi connectivity index (χ2n) is 4.90. The van der Waals surface area contributed by atoms with Gasteiger partial charge in [-0.05, 0) is 31.9 Å². The molecule has 0 bridgehead atoms. The van der Waals surface area contributed by atoms with Gasteiger partial charge in [-0.15, -0.1) is 11.6 Å². The van der Waals surface area contributed by atoms with E-state index in [0.29, 0.717) is 11.4 Å². The first kappa shape index (κ1) is 13.9. The second kappa shape index (κ2) is 5.61. The Morgan fingerprint density at radius 2 is 2.32 bits per heavy atom. The fourth-order valence-electron chi connectivity index (χ4n) is 1.99. The first-order chi connectivity index (χ1) is 9.09. The fraction of sp³-hybridized carbons (Fsp3) is 0.429. The van der Waals surface area contributed by atoms with Crippen molar-refractivity contribution in [3.63, 3.8) is 0 Å². The first-order valence-electron chi connectivity index (χ1n) is 6.40. The minimum Gasteiger partial charge on any atom is -0.347 e. The van der Waals surface area contributed by atoms with Crippen LogP contribution >= 0.6 is 11.6 Å². The third kappa shape index (κ3) is 2.89. The highest BCUT2D eigenvalue weighted by Crippen LogP contribution is 2.17. The molecule has 0 saturated heterocycles. The van der Waals surface area contributed by atoms with Gasteiger partial charge in [-0.25, -0.2) is 4.52 Å². The minimum absolute atomic E-state index is 0.101. The summed E-state index contributed by atoms with van der Waals surface area (Å²) in [4.78, 5) is 12.4. The molecule has 0 aliphatic heterocycles. The molecular weight excluding hydrogens is 262 g/mol. The molecule has 1 N–H and O–H groups in total. The van der Waals surface area contributed by atoms with Crippen molar-refractivity contribution in [2.75, 3.05) is 5.88 Å². The number of halogens is 1. The molecule has 1 unspecified atom stereocenters. The van der Waals surface area contributed by atoms with Crippen molar-refractivity contribution in [3.05, 3.63) is 36.2 Å². The molecule has 2 aromatic rings. The SMILES string of the molecule is CCC(C)(CCCl)NC(=O)c1cnn2ccccc12. The van der Waals surface area contributed by atoms with Gasteiger partial charge in [-0.1, -0.05) is 13.0 Å². The molecule has 0 spiro atoms. The highest BCUT2D eigenvalue weighted by atomic mass is 35.5. The van der Waals surface area contributed by atoms with E-state index < -0.39 is 0 Å². The van der Waals surface area contributed by atoms with Gasteiger partial charge in [0, 0.05) is 17.6 Å². The van der Waals surface area contributed by atoms with Crippen LogP contribution in [0.25, 0.3) is 5.52 Å². The number of carbonyl (C=O) groups excluding carboxylic acids is 1. The van der Waals surface area contributed by atoms with Gasteiger partial charge in [-0.3, -0.25) is 4.79 Å². The lowest BCUT2D eigenvalue weighted by atomic mass is 9.95. The van der Waals surface area contributed by atoms with E-state index in [-0.39, 0.29) is 11.4 Å². The van der Waals surface area contributed by atoms with E-state index in [1.807, 2.05) is 38.2 Å². The van der Waals surface area contributed by atoms with Crippen molar-refractivity contribution in [2.45, 2.75) is 32.2 Å². The van der Waals surface area contributed by atoms with E-state index in [9.17, 15) is 4.79 Å². The molecule has 0 aromatic carbocycles. The van der Waals surface area contributed by atoms with Crippen LogP contribution in [0.2, 0.25) is 0 Å². The molecule has 0 saturated carbocycles. The number of nitrogens with zero attached hydrogens (tertiary/aromatic N) is 2. The molecule has 2 heterocycles. The lowest BCUT2D eigenvalue weighted by molar-refractivity contribution is 0.0903. The number of hydrogen-bond donors (Lipinski definition) is 1. The van der Waals surface area contributed by atoms with E-state index in [1.165, 1.54) is 0 Å². The Morgan fingerprint density at radius 1 is 1.53 bits per heavy atom. The van der Waals surface area contributed by atoms with Crippen LogP contribution in [0.15, 0.2) is 30.6 Å². The smallest absolute Gasteiger partial charge is 0.255 e. The number of fused-ring (bicyclic) bond motifs is 1. The topological polar surface area (TPSA) is 46.4 Å². The molecule has 1 atom stereocenters. The summed E-state index contributed by atoms with van der Waals surface area (Å²) in [7, 11) is 0. The van der Waals surface area contributed by atoms with E-state index in [2.05, 4.69) is 10.4 Å². The Morgan fingerprint density at radius 3 is 3.00 bits per heavy atom. The summed E-state index contributed by atoms with van der Waals surface area (Å²) in [5.74, 6) is 0.426. The normalized spacial score (nSPS) is 14.3. The lowest BCUT2D eigenvalue weighted by Crippen LogP contribution is -2.45. The third-order valence-corrected chi connectivity index (χ3v) is 3.70. The number of alkyl halides is 1. The van der Waals surface area contributed by atoms with E-state index in [0.717, 1.165) is 18.4 Å². The van der Waals surface area contributed by atoms with Crippen LogP contribution in [0.1, 0.15) is 37.0 Å². The zero-order valence-corrected chi connectivity index (χ0v) is 11.9. The predicted octanol–water partition coefficient (Wildman–Crippen LogP) is 2.86. The third-order valence-electron chi connectivity index (χ3n) is 3.51. The molecule has 19 heavy (non-hydrogen) atoms. The molecular formula is C14H18ClN3O. The van der Waals surface area contributed by atoms with Gasteiger partial charge in [0.15, 0.2) is 0 Å². The van der Waals surface area contributed by atoms with Crippen molar-refractivity contribution in [1.29, 1.82) is 0 Å². The van der Waals surface area contributed by atoms with Crippen molar-refractivity contribution in [3.8, 4) is 0 Å². The molecule has 102 valence electrons. The molecule has 2 aromatic heterocycles. The average Bonchev–Trinajstić information content (AvgIpc) is 2.83. The quantitative estimate of drug-likeness (QED) is 0.856. The highest BCUT2D eigenvalue weighted by molar-refractivity contribution is 6.17. The van der Waals surface area contributed by atoms with E-state index in [4.69, 9.17) is 11.6 Å². The summed E-state index contributed by atoms with van der Waals surface area (Å²) in [5, 5.41) is 7.23. The van der Waals surface area contributed by atoms with Gasteiger partial charge in [0.05, 0.1) is 17.3 Å². The second-order valence-corrected chi connectivity index (χ2v) is 5.27. The van der Waals surface area contributed by atoms with Crippen LogP contribution in [0.5, 0.6) is 0 Å². The molecule has 4 nitrogen and oxygen atoms in total. The number of rotatable bonds is 5. The van der Waals surface area contributed by atoms with Gasteiger partial charge in [0.25, 0.3) is 5.91 Å². The van der Waals surface area contributed by atoms with Gasteiger partial charge >= 0.3 is 0 Å². The molecule has 5 heteroatoms. The predicted molar refractivity (Wildman–Crippen MR) is 76.7 cm³/mol. The van der Waals surface area contributed by atoms with Crippen LogP contribution < -0.4 is 5.32 Å². The van der Waals surface area contributed by atoms with Crippen LogP contribution in [0.3, 0.4) is 0 Å². The van der Waals surface area contributed by atoms with Crippen molar-refractivity contribution in [2.24, 2.45) is 0 Å². The van der Waals surface area contributed by atoms with Crippen LogP contribution in [-0.4, -0.2) is 26.9 Å². The zero-order valence-electron chi connectivity index (χ0n) is 11.2. The van der Waals surface area contributed by atoms with Gasteiger partial charge in [0.2, 0.25) is 0 Å². The number of carbonyl (C=O) groups is 1. The maximum absolute atomic E-state index is 12.4. The molecule has 1 amide bonds. The van der Waals surface area contributed by atoms with Crippen molar-refractivity contribution in [1.82, 2.24) is 14.9 Å². The highest BCUT2D eigenvalue weighted by Gasteiger charge is 2.25. The number of pyridine rings is 1. The summed E-state index contributed by atoms with van der Waals surface area (Å²) in [5.41, 5.74) is 1.13. The van der Waals surface area contributed by atoms with E-state index >= 15 is 0 Å². The maximum atomic E-state index is 12.4. The minimum atomic E-state index is -0.276. The van der Waals surface area contributed by atoms with Crippen molar-refractivity contribution < 1.29 is 4.79 Å². The van der Waals surface area contributed by atoms with Gasteiger partial charge in [0.1, 0.15) is 0 Å². The summed E-state index contributed by atoms with van der Waals surface area (Å²) in [6, 6.07) is 5.66. The average molecular weight is 280 g/mol. The molecule has 0 aliphatic carbocycles. The summed E-state index contributed by atoms with van der Waals surface area (Å²) in [6.45, 7) is 4.06. The Hall–Kier alpha value is -1.55. The Bertz CT molecular complexity index is 581.